The minimum absolute atomic E-state index is 0.111. The lowest BCUT2D eigenvalue weighted by Gasteiger charge is -2.08. The molecule has 1 amide bonds. The van der Waals surface area contributed by atoms with Crippen molar-refractivity contribution in [2.75, 3.05) is 5.32 Å². The minimum atomic E-state index is -0.480. The third-order valence-corrected chi connectivity index (χ3v) is 5.25. The molecule has 4 heterocycles. The van der Waals surface area contributed by atoms with Crippen LogP contribution in [0.25, 0.3) is 22.7 Å². The van der Waals surface area contributed by atoms with E-state index in [1.807, 2.05) is 0 Å². The van der Waals surface area contributed by atoms with E-state index in [0.717, 1.165) is 0 Å². The molecule has 0 saturated carbocycles. The third-order valence-electron chi connectivity index (χ3n) is 4.57. The molecule has 32 heavy (non-hydrogen) atoms. The number of aromatic nitrogens is 6. The van der Waals surface area contributed by atoms with E-state index in [9.17, 15) is 9.59 Å². The number of furan rings is 1. The number of anilines is 1. The maximum Gasteiger partial charge on any atom is 0.292 e. The minimum Gasteiger partial charge on any atom is -0.444 e. The van der Waals surface area contributed by atoms with E-state index in [-0.39, 0.29) is 11.7 Å². The van der Waals surface area contributed by atoms with Crippen LogP contribution < -0.4 is 10.9 Å². The first-order valence-corrected chi connectivity index (χ1v) is 10.4. The fourth-order valence-electron chi connectivity index (χ4n) is 3.14. The van der Waals surface area contributed by atoms with Gasteiger partial charge < -0.3 is 9.73 Å². The summed E-state index contributed by atoms with van der Waals surface area (Å²) < 4.78 is 8.59. The highest BCUT2D eigenvalue weighted by atomic mass is 79.9. The van der Waals surface area contributed by atoms with Crippen molar-refractivity contribution in [2.24, 2.45) is 0 Å². The monoisotopic (exact) mass is 513 g/mol. The molecule has 5 rings (SSSR count). The number of amides is 1. The van der Waals surface area contributed by atoms with Crippen LogP contribution in [0.4, 0.5) is 5.82 Å². The van der Waals surface area contributed by atoms with Gasteiger partial charge in [0.2, 0.25) is 5.95 Å². The zero-order valence-corrected chi connectivity index (χ0v) is 18.7. The van der Waals surface area contributed by atoms with Gasteiger partial charge in [-0.15, -0.1) is 0 Å². The Bertz CT molecular complexity index is 1530. The van der Waals surface area contributed by atoms with Crippen LogP contribution in [0.2, 0.25) is 5.02 Å². The SMILES string of the molecule is Cc1cc(NC(=O)c2ccc(Br)o2)n(-c2nc3c(cnn3-c3ccc(Cl)cc3)c(=O)[nH]2)n1. The fraction of sp³-hybridized carbons (Fsp3) is 0.0500. The molecule has 0 saturated heterocycles. The molecule has 0 bridgehead atoms. The molecular formula is C20H13BrClN7O3. The van der Waals surface area contributed by atoms with E-state index >= 15 is 0 Å². The zero-order valence-electron chi connectivity index (χ0n) is 16.3. The molecule has 0 unspecified atom stereocenters. The number of rotatable bonds is 4. The second kappa shape index (κ2) is 7.77. The second-order valence-corrected chi connectivity index (χ2v) is 8.02. The van der Waals surface area contributed by atoms with Crippen LogP contribution in [0.5, 0.6) is 0 Å². The van der Waals surface area contributed by atoms with Crippen LogP contribution in [0, 0.1) is 6.92 Å². The number of aromatic amines is 1. The molecule has 4 aromatic heterocycles. The van der Waals surface area contributed by atoms with Crippen LogP contribution in [-0.2, 0) is 0 Å². The molecule has 0 radical (unpaired) electrons. The number of nitrogens with one attached hydrogen (secondary N) is 2. The molecule has 0 fully saturated rings. The van der Waals surface area contributed by atoms with Gasteiger partial charge in [-0.05, 0) is 59.3 Å². The first-order valence-electron chi connectivity index (χ1n) is 9.27. The van der Waals surface area contributed by atoms with Crippen molar-refractivity contribution in [3.8, 4) is 11.6 Å². The van der Waals surface area contributed by atoms with Gasteiger partial charge in [0, 0.05) is 11.1 Å². The lowest BCUT2D eigenvalue weighted by atomic mass is 10.3. The molecule has 1 aromatic carbocycles. The van der Waals surface area contributed by atoms with Crippen molar-refractivity contribution in [1.29, 1.82) is 0 Å². The van der Waals surface area contributed by atoms with Gasteiger partial charge >= 0.3 is 0 Å². The van der Waals surface area contributed by atoms with Crippen molar-refractivity contribution in [1.82, 2.24) is 29.5 Å². The lowest BCUT2D eigenvalue weighted by Crippen LogP contribution is -2.19. The number of hydrogen-bond donors (Lipinski definition) is 2. The summed E-state index contributed by atoms with van der Waals surface area (Å²) in [6, 6.07) is 11.8. The van der Waals surface area contributed by atoms with E-state index < -0.39 is 11.5 Å². The molecule has 160 valence electrons. The van der Waals surface area contributed by atoms with Crippen LogP contribution in [-0.4, -0.2) is 35.4 Å². The Morgan fingerprint density at radius 3 is 2.69 bits per heavy atom. The first kappa shape index (κ1) is 20.2. The third kappa shape index (κ3) is 3.61. The summed E-state index contributed by atoms with van der Waals surface area (Å²) in [5.41, 5.74) is 1.22. The predicted molar refractivity (Wildman–Crippen MR) is 121 cm³/mol. The molecule has 0 aliphatic heterocycles. The van der Waals surface area contributed by atoms with Crippen LogP contribution in [0.15, 0.2) is 62.5 Å². The van der Waals surface area contributed by atoms with Gasteiger partial charge in [-0.2, -0.15) is 19.9 Å². The molecule has 0 atom stereocenters. The number of carbonyl (C=O) groups is 1. The van der Waals surface area contributed by atoms with Gasteiger partial charge in [0.05, 0.1) is 17.6 Å². The molecule has 5 aromatic rings. The molecule has 10 nitrogen and oxygen atoms in total. The molecule has 2 N–H and O–H groups in total. The summed E-state index contributed by atoms with van der Waals surface area (Å²) >= 11 is 9.14. The number of nitrogens with zero attached hydrogens (tertiary/aromatic N) is 5. The van der Waals surface area contributed by atoms with Crippen molar-refractivity contribution in [2.45, 2.75) is 6.92 Å². The summed E-state index contributed by atoms with van der Waals surface area (Å²) in [4.78, 5) is 32.5. The highest BCUT2D eigenvalue weighted by molar-refractivity contribution is 9.10. The summed E-state index contributed by atoms with van der Waals surface area (Å²) in [5, 5.41) is 12.2. The van der Waals surface area contributed by atoms with Crippen LogP contribution in [0.1, 0.15) is 16.2 Å². The molecule has 0 aliphatic carbocycles. The highest BCUT2D eigenvalue weighted by Crippen LogP contribution is 2.20. The van der Waals surface area contributed by atoms with Crippen LogP contribution in [0.3, 0.4) is 0 Å². The predicted octanol–water partition coefficient (Wildman–Crippen LogP) is 3.86. The maximum atomic E-state index is 12.7. The van der Waals surface area contributed by atoms with E-state index in [1.54, 1.807) is 43.3 Å². The van der Waals surface area contributed by atoms with Crippen molar-refractivity contribution < 1.29 is 9.21 Å². The topological polar surface area (TPSA) is 124 Å². The number of hydrogen-bond acceptors (Lipinski definition) is 6. The standard InChI is InChI=1S/C20H13BrClN7O3/c1-10-8-16(24-19(31)14-6-7-15(21)32-14)29(27-10)20-25-17-13(18(30)26-20)9-23-28(17)12-4-2-11(22)3-5-12/h2-9H,1H3,(H,24,31)(H,25,26,30). The van der Waals surface area contributed by atoms with Crippen molar-refractivity contribution in [3.63, 3.8) is 0 Å². The number of carbonyl (C=O) groups excluding carboxylic acids is 1. The van der Waals surface area contributed by atoms with E-state index in [4.69, 9.17) is 16.0 Å². The number of fused-ring (bicyclic) bond motifs is 1. The van der Waals surface area contributed by atoms with E-state index in [2.05, 4.69) is 41.4 Å². The Hall–Kier alpha value is -3.70. The van der Waals surface area contributed by atoms with E-state index in [1.165, 1.54) is 21.6 Å². The largest absolute Gasteiger partial charge is 0.444 e. The first-order chi connectivity index (χ1) is 15.4. The van der Waals surface area contributed by atoms with Crippen molar-refractivity contribution in [3.05, 3.63) is 80.2 Å². The van der Waals surface area contributed by atoms with Gasteiger partial charge in [0.15, 0.2) is 16.1 Å². The summed E-state index contributed by atoms with van der Waals surface area (Å²) in [6.07, 6.45) is 1.44. The number of halogens is 2. The quantitative estimate of drug-likeness (QED) is 0.375. The fourth-order valence-corrected chi connectivity index (χ4v) is 3.58. The normalized spacial score (nSPS) is 11.2. The smallest absolute Gasteiger partial charge is 0.292 e. The Balaban J connectivity index is 1.59. The molecule has 0 spiro atoms. The molecular weight excluding hydrogens is 502 g/mol. The lowest BCUT2D eigenvalue weighted by molar-refractivity contribution is 0.0994. The average Bonchev–Trinajstić information content (AvgIpc) is 3.47. The van der Waals surface area contributed by atoms with Crippen LogP contribution >= 0.6 is 27.5 Å². The van der Waals surface area contributed by atoms with Gasteiger partial charge in [-0.1, -0.05) is 11.6 Å². The number of aryl methyl sites for hydroxylation is 1. The average molecular weight is 515 g/mol. The summed E-state index contributed by atoms with van der Waals surface area (Å²) in [5.74, 6) is 0.0498. The maximum absolute atomic E-state index is 12.7. The van der Waals surface area contributed by atoms with E-state index in [0.29, 0.717) is 37.9 Å². The second-order valence-electron chi connectivity index (χ2n) is 6.80. The highest BCUT2D eigenvalue weighted by Gasteiger charge is 2.18. The van der Waals surface area contributed by atoms with Crippen molar-refractivity contribution >= 4 is 50.3 Å². The Morgan fingerprint density at radius 1 is 1.19 bits per heavy atom. The summed E-state index contributed by atoms with van der Waals surface area (Å²) in [6.45, 7) is 1.75. The summed E-state index contributed by atoms with van der Waals surface area (Å²) in [7, 11) is 0. The Morgan fingerprint density at radius 2 is 1.97 bits per heavy atom. The van der Waals surface area contributed by atoms with Gasteiger partial charge in [0.25, 0.3) is 11.5 Å². The number of H-pyrrole nitrogens is 1. The molecule has 0 aliphatic rings. The Kier molecular flexibility index (Phi) is 4.91. The zero-order chi connectivity index (χ0) is 22.4. The van der Waals surface area contributed by atoms with Gasteiger partial charge in [-0.3, -0.25) is 14.6 Å². The van der Waals surface area contributed by atoms with Gasteiger partial charge in [-0.25, -0.2) is 4.68 Å². The Labute approximate surface area is 193 Å². The number of benzene rings is 1. The molecule has 12 heteroatoms. The van der Waals surface area contributed by atoms with Gasteiger partial charge in [0.1, 0.15) is 11.2 Å².